The van der Waals surface area contributed by atoms with E-state index < -0.39 is 10.0 Å². The fraction of sp³-hybridized carbons (Fsp3) is 0.650. The second-order valence-electron chi connectivity index (χ2n) is 8.07. The maximum absolute atomic E-state index is 13.3. The molecule has 1 aliphatic heterocycles. The maximum atomic E-state index is 13.3. The monoisotopic (exact) mass is 574 g/mol. The Bertz CT molecular complexity index is 828. The van der Waals surface area contributed by atoms with Crippen molar-refractivity contribution in [3.05, 3.63) is 34.6 Å². The Morgan fingerprint density at radius 1 is 1.33 bits per heavy atom. The first-order chi connectivity index (χ1) is 13.6. The molecule has 0 spiro atoms. The van der Waals surface area contributed by atoms with Gasteiger partial charge in [0, 0.05) is 43.2 Å². The average molecular weight is 575 g/mol. The van der Waals surface area contributed by atoms with Crippen molar-refractivity contribution in [1.29, 1.82) is 0 Å². The summed E-state index contributed by atoms with van der Waals surface area (Å²) in [5, 5.41) is 7.10. The standard InChI is InChI=1S/C20H32ClFN4O2S.HI/c1-5-12-29(27,28)26-10-8-16(9-11-26)25-19(23-4)24-14-20(2,3)17-7-6-15(22)13-18(17)21;/h6-7,13,16H,5,8-12,14H2,1-4H3,(H2,23,24,25);1H. The van der Waals surface area contributed by atoms with Gasteiger partial charge in [-0.1, -0.05) is 38.4 Å². The van der Waals surface area contributed by atoms with Crippen molar-refractivity contribution >= 4 is 51.6 Å². The van der Waals surface area contributed by atoms with Gasteiger partial charge in [0.15, 0.2) is 5.96 Å². The Balaban J connectivity index is 0.00000450. The van der Waals surface area contributed by atoms with Gasteiger partial charge in [0.05, 0.1) is 5.75 Å². The second kappa shape index (κ2) is 11.8. The summed E-state index contributed by atoms with van der Waals surface area (Å²) in [6.45, 7) is 7.54. The van der Waals surface area contributed by atoms with Crippen molar-refractivity contribution in [3.63, 3.8) is 0 Å². The van der Waals surface area contributed by atoms with Crippen LogP contribution in [0.1, 0.15) is 45.6 Å². The third kappa shape index (κ3) is 7.49. The van der Waals surface area contributed by atoms with Crippen LogP contribution >= 0.6 is 35.6 Å². The number of hydrogen-bond donors (Lipinski definition) is 2. The molecule has 0 amide bonds. The Morgan fingerprint density at radius 2 is 1.97 bits per heavy atom. The molecule has 1 saturated heterocycles. The van der Waals surface area contributed by atoms with Crippen LogP contribution in [-0.4, -0.2) is 57.2 Å². The second-order valence-corrected chi connectivity index (χ2v) is 10.6. The lowest BCUT2D eigenvalue weighted by molar-refractivity contribution is 0.305. The zero-order valence-corrected chi connectivity index (χ0v) is 21.9. The van der Waals surface area contributed by atoms with E-state index in [9.17, 15) is 12.8 Å². The molecule has 6 nitrogen and oxygen atoms in total. The van der Waals surface area contributed by atoms with E-state index in [0.717, 1.165) is 18.4 Å². The van der Waals surface area contributed by atoms with Gasteiger partial charge in [-0.15, -0.1) is 24.0 Å². The first-order valence-corrected chi connectivity index (χ1v) is 12.0. The van der Waals surface area contributed by atoms with Crippen LogP contribution in [0.5, 0.6) is 0 Å². The molecule has 2 rings (SSSR count). The van der Waals surface area contributed by atoms with Crippen LogP contribution in [0.2, 0.25) is 5.02 Å². The Morgan fingerprint density at radius 3 is 2.50 bits per heavy atom. The molecule has 0 aromatic heterocycles. The van der Waals surface area contributed by atoms with Gasteiger partial charge in [0.1, 0.15) is 5.82 Å². The topological polar surface area (TPSA) is 73.8 Å². The smallest absolute Gasteiger partial charge is 0.214 e. The quantitative estimate of drug-likeness (QED) is 0.296. The van der Waals surface area contributed by atoms with Crippen LogP contribution in [0.15, 0.2) is 23.2 Å². The summed E-state index contributed by atoms with van der Waals surface area (Å²) >= 11 is 6.22. The molecular weight excluding hydrogens is 542 g/mol. The highest BCUT2D eigenvalue weighted by Crippen LogP contribution is 2.30. The van der Waals surface area contributed by atoms with Gasteiger partial charge in [-0.25, -0.2) is 17.1 Å². The molecule has 1 aromatic carbocycles. The number of nitrogens with one attached hydrogen (secondary N) is 2. The Kier molecular flexibility index (Phi) is 10.8. The van der Waals surface area contributed by atoms with Gasteiger partial charge in [0.25, 0.3) is 0 Å². The lowest BCUT2D eigenvalue weighted by Crippen LogP contribution is -2.51. The summed E-state index contributed by atoms with van der Waals surface area (Å²) in [6, 6.07) is 4.61. The van der Waals surface area contributed by atoms with Crippen molar-refractivity contribution in [1.82, 2.24) is 14.9 Å². The largest absolute Gasteiger partial charge is 0.356 e. The minimum atomic E-state index is -3.14. The Labute approximate surface area is 202 Å². The highest BCUT2D eigenvalue weighted by molar-refractivity contribution is 14.0. The van der Waals surface area contributed by atoms with Crippen LogP contribution in [-0.2, 0) is 15.4 Å². The van der Waals surface area contributed by atoms with Crippen LogP contribution in [0.3, 0.4) is 0 Å². The third-order valence-electron chi connectivity index (χ3n) is 5.23. The summed E-state index contributed by atoms with van der Waals surface area (Å²) in [7, 11) is -1.44. The third-order valence-corrected chi connectivity index (χ3v) is 7.62. The minimum Gasteiger partial charge on any atom is -0.356 e. The molecule has 30 heavy (non-hydrogen) atoms. The molecule has 0 radical (unpaired) electrons. The fourth-order valence-corrected chi connectivity index (χ4v) is 5.46. The summed E-state index contributed by atoms with van der Waals surface area (Å²) in [4.78, 5) is 4.28. The number of benzene rings is 1. The van der Waals surface area contributed by atoms with E-state index in [1.54, 1.807) is 17.4 Å². The predicted molar refractivity (Wildman–Crippen MR) is 133 cm³/mol. The lowest BCUT2D eigenvalue weighted by Gasteiger charge is -2.33. The highest BCUT2D eigenvalue weighted by Gasteiger charge is 2.28. The summed E-state index contributed by atoms with van der Waals surface area (Å²) in [5.41, 5.74) is 0.526. The SMILES string of the molecule is CCCS(=O)(=O)N1CCC(NC(=NC)NCC(C)(C)c2ccc(F)cc2Cl)CC1.I. The summed E-state index contributed by atoms with van der Waals surface area (Å²) in [6.07, 6.45) is 2.10. The van der Waals surface area contributed by atoms with Crippen LogP contribution in [0.25, 0.3) is 0 Å². The van der Waals surface area contributed by atoms with Crippen LogP contribution in [0, 0.1) is 5.82 Å². The molecule has 172 valence electrons. The lowest BCUT2D eigenvalue weighted by atomic mass is 9.84. The van der Waals surface area contributed by atoms with E-state index in [-0.39, 0.29) is 47.0 Å². The zero-order chi connectivity index (χ0) is 21.7. The number of halogens is 3. The molecule has 10 heteroatoms. The molecule has 0 unspecified atom stereocenters. The molecule has 1 fully saturated rings. The normalized spacial score (nSPS) is 16.8. The van der Waals surface area contributed by atoms with E-state index >= 15 is 0 Å². The van der Waals surface area contributed by atoms with Crippen molar-refractivity contribution in [3.8, 4) is 0 Å². The minimum absolute atomic E-state index is 0. The first kappa shape index (κ1) is 27.4. The van der Waals surface area contributed by atoms with Crippen molar-refractivity contribution in [2.45, 2.75) is 51.5 Å². The van der Waals surface area contributed by atoms with Crippen LogP contribution in [0.4, 0.5) is 4.39 Å². The highest BCUT2D eigenvalue weighted by atomic mass is 127. The molecule has 0 saturated carbocycles. The molecule has 1 aliphatic rings. The molecule has 1 heterocycles. The van der Waals surface area contributed by atoms with Crippen molar-refractivity contribution < 1.29 is 12.8 Å². The van der Waals surface area contributed by atoms with E-state index in [4.69, 9.17) is 11.6 Å². The number of hydrogen-bond acceptors (Lipinski definition) is 3. The number of aliphatic imine (C=N–C) groups is 1. The molecule has 1 aromatic rings. The molecular formula is C20H33ClFIN4O2S. The van der Waals surface area contributed by atoms with Gasteiger partial charge < -0.3 is 10.6 Å². The van der Waals surface area contributed by atoms with Gasteiger partial charge >= 0.3 is 0 Å². The average Bonchev–Trinajstić information content (AvgIpc) is 2.65. The summed E-state index contributed by atoms with van der Waals surface area (Å²) < 4.78 is 39.3. The van der Waals surface area contributed by atoms with Crippen molar-refractivity contribution in [2.75, 3.05) is 32.4 Å². The number of rotatable bonds is 7. The van der Waals surface area contributed by atoms with Crippen molar-refractivity contribution in [2.24, 2.45) is 4.99 Å². The number of piperidine rings is 1. The fourth-order valence-electron chi connectivity index (χ4n) is 3.49. The van der Waals surface area contributed by atoms with E-state index in [1.165, 1.54) is 12.1 Å². The van der Waals surface area contributed by atoms with E-state index in [0.29, 0.717) is 37.0 Å². The molecule has 0 bridgehead atoms. The maximum Gasteiger partial charge on any atom is 0.214 e. The predicted octanol–water partition coefficient (Wildman–Crippen LogP) is 3.74. The van der Waals surface area contributed by atoms with E-state index in [1.807, 2.05) is 20.8 Å². The first-order valence-electron chi connectivity index (χ1n) is 9.99. The van der Waals surface area contributed by atoms with Gasteiger partial charge in [0.2, 0.25) is 10.0 Å². The molecule has 0 atom stereocenters. The van der Waals surface area contributed by atoms with E-state index in [2.05, 4.69) is 15.6 Å². The number of nitrogens with zero attached hydrogens (tertiary/aromatic N) is 2. The van der Waals surface area contributed by atoms with Gasteiger partial charge in [-0.05, 0) is 37.0 Å². The zero-order valence-electron chi connectivity index (χ0n) is 18.0. The number of guanidine groups is 1. The van der Waals surface area contributed by atoms with Crippen LogP contribution < -0.4 is 10.6 Å². The number of sulfonamides is 1. The van der Waals surface area contributed by atoms with Gasteiger partial charge in [-0.2, -0.15) is 0 Å². The molecule has 0 aliphatic carbocycles. The van der Waals surface area contributed by atoms with Gasteiger partial charge in [-0.3, -0.25) is 4.99 Å². The summed E-state index contributed by atoms with van der Waals surface area (Å²) in [5.74, 6) is 0.508. The Hall–Kier alpha value is -0.650. The molecule has 2 N–H and O–H groups in total.